The fraction of sp³-hybridized carbons (Fsp3) is 0.118. The van der Waals surface area contributed by atoms with E-state index in [9.17, 15) is 0 Å². The molecule has 3 heteroatoms. The lowest BCUT2D eigenvalue weighted by atomic mass is 10.0. The molecule has 2 heterocycles. The van der Waals surface area contributed by atoms with Crippen LogP contribution in [0.4, 0.5) is 0 Å². The average Bonchev–Trinajstić information content (AvgIpc) is 2.50. The lowest BCUT2D eigenvalue weighted by molar-refractivity contribution is 1.13. The van der Waals surface area contributed by atoms with E-state index in [0.717, 1.165) is 22.5 Å². The van der Waals surface area contributed by atoms with E-state index in [1.807, 2.05) is 6.07 Å². The van der Waals surface area contributed by atoms with Gasteiger partial charge in [-0.2, -0.15) is 0 Å². The number of pyridine rings is 1. The van der Waals surface area contributed by atoms with Crippen molar-refractivity contribution < 1.29 is 0 Å². The van der Waals surface area contributed by atoms with Crippen molar-refractivity contribution >= 4 is 0 Å². The average molecular weight is 261 g/mol. The molecule has 0 saturated carbocycles. The van der Waals surface area contributed by atoms with E-state index in [-0.39, 0.29) is 0 Å². The molecule has 0 atom stereocenters. The van der Waals surface area contributed by atoms with Gasteiger partial charge in [0.1, 0.15) is 5.69 Å². The molecule has 2 aromatic heterocycles. The van der Waals surface area contributed by atoms with Crippen molar-refractivity contribution in [1.29, 1.82) is 0 Å². The maximum absolute atomic E-state index is 4.72. The van der Waals surface area contributed by atoms with Crippen LogP contribution in [0.25, 0.3) is 22.8 Å². The number of rotatable bonds is 2. The zero-order chi connectivity index (χ0) is 13.9. The molecule has 3 nitrogen and oxygen atoms in total. The molecule has 20 heavy (non-hydrogen) atoms. The van der Waals surface area contributed by atoms with Gasteiger partial charge >= 0.3 is 0 Å². The zero-order valence-corrected chi connectivity index (χ0v) is 11.5. The Morgan fingerprint density at radius 3 is 2.20 bits per heavy atom. The molecule has 0 saturated heterocycles. The van der Waals surface area contributed by atoms with Gasteiger partial charge in [-0.3, -0.25) is 0 Å². The fourth-order valence-electron chi connectivity index (χ4n) is 2.09. The molecule has 3 rings (SSSR count). The van der Waals surface area contributed by atoms with Gasteiger partial charge in [-0.05, 0) is 31.5 Å². The van der Waals surface area contributed by atoms with Gasteiger partial charge in [-0.15, -0.1) is 0 Å². The number of hydrogen-bond acceptors (Lipinski definition) is 3. The van der Waals surface area contributed by atoms with Gasteiger partial charge in [0, 0.05) is 18.0 Å². The fourth-order valence-corrected chi connectivity index (χ4v) is 2.09. The summed E-state index contributed by atoms with van der Waals surface area (Å²) in [5, 5.41) is 0. The van der Waals surface area contributed by atoms with E-state index in [1.54, 1.807) is 18.5 Å². The van der Waals surface area contributed by atoms with Crippen LogP contribution in [0.5, 0.6) is 0 Å². The topological polar surface area (TPSA) is 38.7 Å². The molecule has 0 bridgehead atoms. The van der Waals surface area contributed by atoms with Crippen molar-refractivity contribution in [3.63, 3.8) is 0 Å². The van der Waals surface area contributed by atoms with Gasteiger partial charge in [0.25, 0.3) is 0 Å². The Labute approximate surface area is 118 Å². The molecule has 98 valence electrons. The molecule has 0 aliphatic heterocycles. The second kappa shape index (κ2) is 5.21. The monoisotopic (exact) mass is 261 g/mol. The molecule has 0 amide bonds. The Bertz CT molecular complexity index is 719. The molecule has 0 spiro atoms. The molecule has 0 unspecified atom stereocenters. The van der Waals surface area contributed by atoms with Crippen molar-refractivity contribution in [2.45, 2.75) is 13.8 Å². The van der Waals surface area contributed by atoms with Gasteiger partial charge < -0.3 is 0 Å². The minimum absolute atomic E-state index is 0.654. The first-order valence-corrected chi connectivity index (χ1v) is 6.56. The minimum atomic E-state index is 0.654. The highest BCUT2D eigenvalue weighted by Gasteiger charge is 2.08. The second-order valence-electron chi connectivity index (χ2n) is 4.80. The zero-order valence-electron chi connectivity index (χ0n) is 11.5. The Kier molecular flexibility index (Phi) is 3.25. The van der Waals surface area contributed by atoms with Crippen LogP contribution < -0.4 is 0 Å². The van der Waals surface area contributed by atoms with Gasteiger partial charge in [-0.25, -0.2) is 15.0 Å². The molecular weight excluding hydrogens is 246 g/mol. The first-order chi connectivity index (χ1) is 9.74. The number of hydrogen-bond donors (Lipinski definition) is 0. The van der Waals surface area contributed by atoms with Crippen LogP contribution in [0.3, 0.4) is 0 Å². The highest BCUT2D eigenvalue weighted by Crippen LogP contribution is 2.24. The third-order valence-electron chi connectivity index (χ3n) is 3.22. The Morgan fingerprint density at radius 1 is 0.800 bits per heavy atom. The molecule has 3 aromatic rings. The summed E-state index contributed by atoms with van der Waals surface area (Å²) in [5.41, 5.74) is 5.29. The van der Waals surface area contributed by atoms with Crippen molar-refractivity contribution in [3.8, 4) is 22.8 Å². The molecular formula is C17H15N3. The summed E-state index contributed by atoms with van der Waals surface area (Å²) in [6.45, 7) is 4.15. The number of aromatic nitrogens is 3. The number of benzene rings is 1. The Morgan fingerprint density at radius 2 is 1.50 bits per heavy atom. The third-order valence-corrected chi connectivity index (χ3v) is 3.22. The van der Waals surface area contributed by atoms with E-state index in [2.05, 4.69) is 54.1 Å². The maximum Gasteiger partial charge on any atom is 0.178 e. The highest BCUT2D eigenvalue weighted by molar-refractivity contribution is 5.66. The minimum Gasteiger partial charge on any atom is -0.244 e. The Hall–Kier alpha value is -2.55. The maximum atomic E-state index is 4.72. The van der Waals surface area contributed by atoms with E-state index < -0.39 is 0 Å². The van der Waals surface area contributed by atoms with Crippen LogP contribution >= 0.6 is 0 Å². The molecule has 0 radical (unpaired) electrons. The summed E-state index contributed by atoms with van der Waals surface area (Å²) in [6, 6.07) is 14.2. The molecule has 0 N–H and O–H groups in total. The third kappa shape index (κ3) is 2.43. The first-order valence-electron chi connectivity index (χ1n) is 6.56. The van der Waals surface area contributed by atoms with Crippen molar-refractivity contribution in [2.24, 2.45) is 0 Å². The predicted molar refractivity (Wildman–Crippen MR) is 80.2 cm³/mol. The standard InChI is InChI=1S/C17H15N3/c1-12-4-7-14(8-5-12)16-13(2)6-9-15(20-16)17-18-10-3-11-19-17/h3-11H,1-2H3. The number of nitrogens with zero attached hydrogens (tertiary/aromatic N) is 3. The van der Waals surface area contributed by atoms with Gasteiger partial charge in [-0.1, -0.05) is 35.9 Å². The lowest BCUT2D eigenvalue weighted by Gasteiger charge is -2.08. The first kappa shape index (κ1) is 12.5. The normalized spacial score (nSPS) is 10.5. The van der Waals surface area contributed by atoms with E-state index in [4.69, 9.17) is 4.98 Å². The van der Waals surface area contributed by atoms with Crippen molar-refractivity contribution in [3.05, 3.63) is 66.0 Å². The molecule has 0 aliphatic carbocycles. The van der Waals surface area contributed by atoms with Gasteiger partial charge in [0.2, 0.25) is 0 Å². The van der Waals surface area contributed by atoms with Crippen LogP contribution in [-0.2, 0) is 0 Å². The smallest absolute Gasteiger partial charge is 0.178 e. The van der Waals surface area contributed by atoms with Crippen LogP contribution in [0, 0.1) is 13.8 Å². The Balaban J connectivity index is 2.10. The highest BCUT2D eigenvalue weighted by atomic mass is 14.9. The van der Waals surface area contributed by atoms with E-state index in [1.165, 1.54) is 5.56 Å². The van der Waals surface area contributed by atoms with Crippen LogP contribution in [0.2, 0.25) is 0 Å². The predicted octanol–water partition coefficient (Wildman–Crippen LogP) is 3.82. The van der Waals surface area contributed by atoms with Gasteiger partial charge in [0.15, 0.2) is 5.82 Å². The molecule has 0 aliphatic rings. The molecule has 1 aromatic carbocycles. The lowest BCUT2D eigenvalue weighted by Crippen LogP contribution is -1.94. The van der Waals surface area contributed by atoms with Crippen LogP contribution in [-0.4, -0.2) is 15.0 Å². The van der Waals surface area contributed by atoms with E-state index >= 15 is 0 Å². The van der Waals surface area contributed by atoms with Crippen molar-refractivity contribution in [2.75, 3.05) is 0 Å². The van der Waals surface area contributed by atoms with E-state index in [0.29, 0.717) is 5.82 Å². The summed E-state index contributed by atoms with van der Waals surface area (Å²) in [4.78, 5) is 13.2. The van der Waals surface area contributed by atoms with Gasteiger partial charge in [0.05, 0.1) is 5.69 Å². The summed E-state index contributed by atoms with van der Waals surface area (Å²) >= 11 is 0. The SMILES string of the molecule is Cc1ccc(-c2nc(-c3ncccn3)ccc2C)cc1. The summed E-state index contributed by atoms with van der Waals surface area (Å²) in [7, 11) is 0. The summed E-state index contributed by atoms with van der Waals surface area (Å²) < 4.78 is 0. The summed E-state index contributed by atoms with van der Waals surface area (Å²) in [6.07, 6.45) is 3.46. The second-order valence-corrected chi connectivity index (χ2v) is 4.80. The van der Waals surface area contributed by atoms with Crippen LogP contribution in [0.15, 0.2) is 54.9 Å². The van der Waals surface area contributed by atoms with Crippen LogP contribution in [0.1, 0.15) is 11.1 Å². The number of aryl methyl sites for hydroxylation is 2. The van der Waals surface area contributed by atoms with Crippen molar-refractivity contribution in [1.82, 2.24) is 15.0 Å². The quantitative estimate of drug-likeness (QED) is 0.704. The molecule has 0 fully saturated rings. The largest absolute Gasteiger partial charge is 0.244 e. The summed E-state index contributed by atoms with van der Waals surface area (Å²) in [5.74, 6) is 0.654.